The van der Waals surface area contributed by atoms with Crippen molar-refractivity contribution in [2.45, 2.75) is 32.9 Å². The molecule has 0 aromatic carbocycles. The van der Waals surface area contributed by atoms with Gasteiger partial charge in [-0.1, -0.05) is 0 Å². The molecule has 20 heavy (non-hydrogen) atoms. The molecule has 0 fully saturated rings. The number of nitrogens with one attached hydrogen (secondary N) is 2. The quantitative estimate of drug-likeness (QED) is 0.842. The monoisotopic (exact) mass is 295 g/mol. The van der Waals surface area contributed by atoms with Gasteiger partial charge in [0.15, 0.2) is 0 Å². The van der Waals surface area contributed by atoms with Gasteiger partial charge in [-0.3, -0.25) is 14.5 Å². The minimum atomic E-state index is -0.146. The van der Waals surface area contributed by atoms with Crippen molar-refractivity contribution in [1.82, 2.24) is 15.5 Å². The predicted molar refractivity (Wildman–Crippen MR) is 79.6 cm³/mol. The van der Waals surface area contributed by atoms with Crippen LogP contribution in [0.15, 0.2) is 11.4 Å². The summed E-state index contributed by atoms with van der Waals surface area (Å²) in [7, 11) is 0. The maximum absolute atomic E-state index is 11.8. The molecule has 110 valence electrons. The normalized spacial score (nSPS) is 14.9. The first-order valence-corrected chi connectivity index (χ1v) is 7.76. The summed E-state index contributed by atoms with van der Waals surface area (Å²) in [6, 6.07) is 2.22. The first kappa shape index (κ1) is 15.0. The van der Waals surface area contributed by atoms with E-state index in [1.165, 1.54) is 10.4 Å². The van der Waals surface area contributed by atoms with Crippen LogP contribution in [0.3, 0.4) is 0 Å². The maximum Gasteiger partial charge on any atom is 0.239 e. The first-order valence-electron chi connectivity index (χ1n) is 6.88. The first-order chi connectivity index (χ1) is 9.54. The van der Waals surface area contributed by atoms with Crippen molar-refractivity contribution in [3.05, 3.63) is 21.9 Å². The third kappa shape index (κ3) is 4.31. The van der Waals surface area contributed by atoms with Gasteiger partial charge in [-0.15, -0.1) is 11.3 Å². The molecule has 0 atom stereocenters. The molecule has 0 bridgehead atoms. The third-order valence-corrected chi connectivity index (χ3v) is 4.17. The second-order valence-corrected chi connectivity index (χ2v) is 6.33. The zero-order chi connectivity index (χ0) is 14.5. The molecule has 5 nitrogen and oxygen atoms in total. The van der Waals surface area contributed by atoms with Crippen LogP contribution in [0.1, 0.15) is 24.3 Å². The second-order valence-electron chi connectivity index (χ2n) is 5.33. The number of hydrogen-bond acceptors (Lipinski definition) is 4. The standard InChI is InChI=1S/C14H21N3O2S/c1-10(2)16-13(18)7-15-14(19)9-17-5-3-12-11(8-17)4-6-20-12/h4,6,10H,3,5,7-9H2,1-2H3,(H,15,19)(H,16,18). The number of carbonyl (C=O) groups is 2. The average molecular weight is 295 g/mol. The van der Waals surface area contributed by atoms with Gasteiger partial charge in [0.25, 0.3) is 0 Å². The highest BCUT2D eigenvalue weighted by molar-refractivity contribution is 7.10. The van der Waals surface area contributed by atoms with E-state index in [0.29, 0.717) is 6.54 Å². The molecule has 6 heteroatoms. The zero-order valence-electron chi connectivity index (χ0n) is 11.9. The summed E-state index contributed by atoms with van der Waals surface area (Å²) in [4.78, 5) is 26.8. The van der Waals surface area contributed by atoms with Crippen LogP contribution < -0.4 is 10.6 Å². The van der Waals surface area contributed by atoms with E-state index in [1.54, 1.807) is 11.3 Å². The van der Waals surface area contributed by atoms with Crippen LogP contribution in [-0.2, 0) is 22.6 Å². The summed E-state index contributed by atoms with van der Waals surface area (Å²) in [6.45, 7) is 5.92. The van der Waals surface area contributed by atoms with Gasteiger partial charge in [0.05, 0.1) is 13.1 Å². The average Bonchev–Trinajstić information content (AvgIpc) is 2.83. The van der Waals surface area contributed by atoms with Crippen LogP contribution in [-0.4, -0.2) is 42.4 Å². The van der Waals surface area contributed by atoms with E-state index < -0.39 is 0 Å². The molecule has 2 heterocycles. The van der Waals surface area contributed by atoms with Crippen LogP contribution in [0.25, 0.3) is 0 Å². The summed E-state index contributed by atoms with van der Waals surface area (Å²) in [6.07, 6.45) is 1.01. The topological polar surface area (TPSA) is 61.4 Å². The summed E-state index contributed by atoms with van der Waals surface area (Å²) in [5, 5.41) is 7.51. The van der Waals surface area contributed by atoms with Crippen LogP contribution >= 0.6 is 11.3 Å². The van der Waals surface area contributed by atoms with Gasteiger partial charge in [0, 0.05) is 24.0 Å². The van der Waals surface area contributed by atoms with Crippen LogP contribution in [0.2, 0.25) is 0 Å². The molecule has 2 rings (SSSR count). The molecule has 0 spiro atoms. The summed E-state index contributed by atoms with van der Waals surface area (Å²) in [5.41, 5.74) is 1.33. The van der Waals surface area contributed by atoms with Gasteiger partial charge < -0.3 is 10.6 Å². The van der Waals surface area contributed by atoms with Crippen molar-refractivity contribution < 1.29 is 9.59 Å². The smallest absolute Gasteiger partial charge is 0.239 e. The van der Waals surface area contributed by atoms with E-state index in [9.17, 15) is 9.59 Å². The molecular formula is C14H21N3O2S. The lowest BCUT2D eigenvalue weighted by Gasteiger charge is -2.26. The van der Waals surface area contributed by atoms with E-state index in [0.717, 1.165) is 19.5 Å². The van der Waals surface area contributed by atoms with E-state index in [1.807, 2.05) is 13.8 Å². The van der Waals surface area contributed by atoms with Gasteiger partial charge in [-0.05, 0) is 37.3 Å². The lowest BCUT2D eigenvalue weighted by Crippen LogP contribution is -2.44. The number of rotatable bonds is 5. The van der Waals surface area contributed by atoms with Crippen molar-refractivity contribution in [2.75, 3.05) is 19.6 Å². The second kappa shape index (κ2) is 6.85. The van der Waals surface area contributed by atoms with Crippen molar-refractivity contribution in [2.24, 2.45) is 0 Å². The number of hydrogen-bond donors (Lipinski definition) is 2. The number of fused-ring (bicyclic) bond motifs is 1. The Kier molecular flexibility index (Phi) is 5.14. The fraction of sp³-hybridized carbons (Fsp3) is 0.571. The molecule has 1 aromatic rings. The van der Waals surface area contributed by atoms with Gasteiger partial charge in [0.2, 0.25) is 11.8 Å². The molecule has 1 aromatic heterocycles. The largest absolute Gasteiger partial charge is 0.352 e. The zero-order valence-corrected chi connectivity index (χ0v) is 12.8. The van der Waals surface area contributed by atoms with Crippen LogP contribution in [0, 0.1) is 0 Å². The Morgan fingerprint density at radius 2 is 2.20 bits per heavy atom. The van der Waals surface area contributed by atoms with Crippen molar-refractivity contribution >= 4 is 23.2 Å². The van der Waals surface area contributed by atoms with Crippen molar-refractivity contribution in [1.29, 1.82) is 0 Å². The predicted octanol–water partition coefficient (Wildman–Crippen LogP) is 0.747. The van der Waals surface area contributed by atoms with E-state index in [4.69, 9.17) is 0 Å². The van der Waals surface area contributed by atoms with E-state index in [2.05, 4.69) is 27.0 Å². The highest BCUT2D eigenvalue weighted by Gasteiger charge is 2.19. The SMILES string of the molecule is CC(C)NC(=O)CNC(=O)CN1CCc2sccc2C1. The molecule has 1 aliphatic rings. The van der Waals surface area contributed by atoms with Gasteiger partial charge in [-0.2, -0.15) is 0 Å². The van der Waals surface area contributed by atoms with Gasteiger partial charge >= 0.3 is 0 Å². The minimum absolute atomic E-state index is 0.0502. The Hall–Kier alpha value is -1.40. The minimum Gasteiger partial charge on any atom is -0.352 e. The number of thiophene rings is 1. The maximum atomic E-state index is 11.8. The Labute approximate surface area is 123 Å². The Balaban J connectivity index is 1.72. The van der Waals surface area contributed by atoms with E-state index >= 15 is 0 Å². The fourth-order valence-corrected chi connectivity index (χ4v) is 3.14. The molecule has 0 aliphatic carbocycles. The van der Waals surface area contributed by atoms with Crippen LogP contribution in [0.5, 0.6) is 0 Å². The third-order valence-electron chi connectivity index (χ3n) is 3.15. The summed E-state index contributed by atoms with van der Waals surface area (Å²) < 4.78 is 0. The summed E-state index contributed by atoms with van der Waals surface area (Å²) in [5.74, 6) is -0.241. The molecule has 1 aliphatic heterocycles. The molecule has 2 N–H and O–H groups in total. The van der Waals surface area contributed by atoms with Gasteiger partial charge in [0.1, 0.15) is 0 Å². The Morgan fingerprint density at radius 3 is 2.95 bits per heavy atom. The highest BCUT2D eigenvalue weighted by Crippen LogP contribution is 2.23. The number of nitrogens with zero attached hydrogens (tertiary/aromatic N) is 1. The lowest BCUT2D eigenvalue weighted by atomic mass is 10.1. The van der Waals surface area contributed by atoms with Crippen LogP contribution in [0.4, 0.5) is 0 Å². The molecule has 0 unspecified atom stereocenters. The number of amides is 2. The fourth-order valence-electron chi connectivity index (χ4n) is 2.25. The Bertz CT molecular complexity index is 485. The molecule has 2 amide bonds. The number of carbonyl (C=O) groups excluding carboxylic acids is 2. The summed E-state index contributed by atoms with van der Waals surface area (Å²) >= 11 is 1.79. The molecule has 0 radical (unpaired) electrons. The van der Waals surface area contributed by atoms with Crippen molar-refractivity contribution in [3.63, 3.8) is 0 Å². The highest BCUT2D eigenvalue weighted by atomic mass is 32.1. The van der Waals surface area contributed by atoms with E-state index in [-0.39, 0.29) is 24.4 Å². The molecule has 0 saturated heterocycles. The molecular weight excluding hydrogens is 274 g/mol. The van der Waals surface area contributed by atoms with Gasteiger partial charge in [-0.25, -0.2) is 0 Å². The lowest BCUT2D eigenvalue weighted by molar-refractivity contribution is -0.127. The Morgan fingerprint density at radius 1 is 1.40 bits per heavy atom. The molecule has 0 saturated carbocycles. The van der Waals surface area contributed by atoms with Crippen molar-refractivity contribution in [3.8, 4) is 0 Å².